The average molecular weight is 281 g/mol. The van der Waals surface area contributed by atoms with E-state index in [1.165, 1.54) is 0 Å². The van der Waals surface area contributed by atoms with E-state index in [0.717, 1.165) is 12.8 Å². The fourth-order valence-corrected chi connectivity index (χ4v) is 2.49. The summed E-state index contributed by atoms with van der Waals surface area (Å²) >= 11 is 0. The van der Waals surface area contributed by atoms with Crippen LogP contribution in [0.15, 0.2) is 0 Å². The van der Waals surface area contributed by atoms with E-state index in [9.17, 15) is 23.1 Å². The van der Waals surface area contributed by atoms with E-state index >= 15 is 0 Å². The van der Waals surface area contributed by atoms with E-state index < -0.39 is 36.8 Å². The second-order valence-electron chi connectivity index (χ2n) is 5.41. The normalized spacial score (nSPS) is 31.6. The summed E-state index contributed by atoms with van der Waals surface area (Å²) in [6.45, 7) is -0.396. The van der Waals surface area contributed by atoms with Gasteiger partial charge in [-0.15, -0.1) is 0 Å². The van der Waals surface area contributed by atoms with E-state index in [0.29, 0.717) is 12.8 Å². The van der Waals surface area contributed by atoms with Crippen LogP contribution in [-0.2, 0) is 9.53 Å². The van der Waals surface area contributed by atoms with Crippen molar-refractivity contribution in [3.8, 4) is 0 Å². The van der Waals surface area contributed by atoms with Gasteiger partial charge in [-0.2, -0.15) is 13.2 Å². The Morgan fingerprint density at radius 2 is 2.05 bits per heavy atom. The van der Waals surface area contributed by atoms with Gasteiger partial charge in [0, 0.05) is 12.5 Å². The lowest BCUT2D eigenvalue weighted by Crippen LogP contribution is -2.51. The maximum Gasteiger partial charge on any atom is 0.391 e. The molecule has 2 fully saturated rings. The van der Waals surface area contributed by atoms with Crippen molar-refractivity contribution in [2.45, 2.75) is 62.4 Å². The third-order valence-electron chi connectivity index (χ3n) is 3.68. The summed E-state index contributed by atoms with van der Waals surface area (Å²) in [6, 6.07) is 0.241. The van der Waals surface area contributed by atoms with Crippen LogP contribution in [0.1, 0.15) is 38.5 Å². The van der Waals surface area contributed by atoms with Gasteiger partial charge >= 0.3 is 12.1 Å². The van der Waals surface area contributed by atoms with Crippen molar-refractivity contribution < 1.29 is 27.8 Å². The van der Waals surface area contributed by atoms with Crippen LogP contribution in [0.5, 0.6) is 0 Å². The van der Waals surface area contributed by atoms with Crippen molar-refractivity contribution in [2.75, 3.05) is 6.61 Å². The van der Waals surface area contributed by atoms with Gasteiger partial charge in [0.25, 0.3) is 0 Å². The first-order valence-electron chi connectivity index (χ1n) is 6.50. The van der Waals surface area contributed by atoms with Crippen LogP contribution in [0.3, 0.4) is 0 Å². The quantitative estimate of drug-likeness (QED) is 0.782. The number of hydrogen-bond acceptors (Lipinski definition) is 3. The smallest absolute Gasteiger partial charge is 0.391 e. The molecule has 7 heteroatoms. The van der Waals surface area contributed by atoms with Crippen LogP contribution in [0.2, 0.25) is 0 Å². The molecule has 0 aromatic heterocycles. The van der Waals surface area contributed by atoms with E-state index in [4.69, 9.17) is 4.74 Å². The Balaban J connectivity index is 1.81. The number of carbonyl (C=O) groups is 1. The molecule has 2 aliphatic carbocycles. The van der Waals surface area contributed by atoms with Gasteiger partial charge in [-0.1, -0.05) is 0 Å². The van der Waals surface area contributed by atoms with Crippen LogP contribution < -0.4 is 5.32 Å². The monoisotopic (exact) mass is 281 g/mol. The van der Waals surface area contributed by atoms with Gasteiger partial charge in [0.05, 0.1) is 19.1 Å². The zero-order valence-electron chi connectivity index (χ0n) is 10.5. The molecule has 2 N–H and O–H groups in total. The Kier molecular flexibility index (Phi) is 4.06. The van der Waals surface area contributed by atoms with Gasteiger partial charge in [0.15, 0.2) is 0 Å². The lowest BCUT2D eigenvalue weighted by atomic mass is 9.97. The Morgan fingerprint density at radius 1 is 1.37 bits per heavy atom. The summed E-state index contributed by atoms with van der Waals surface area (Å²) in [6.07, 6.45) is -2.53. The lowest BCUT2D eigenvalue weighted by Gasteiger charge is -2.26. The summed E-state index contributed by atoms with van der Waals surface area (Å²) in [7, 11) is 0. The van der Waals surface area contributed by atoms with E-state index in [1.54, 1.807) is 0 Å². The molecule has 2 saturated carbocycles. The van der Waals surface area contributed by atoms with Crippen LogP contribution in [0.25, 0.3) is 0 Å². The molecule has 0 aromatic rings. The molecule has 0 bridgehead atoms. The summed E-state index contributed by atoms with van der Waals surface area (Å²) in [5, 5.41) is 12.4. The molecular formula is C12H18F3NO3. The fraction of sp³-hybridized carbons (Fsp3) is 0.917. The van der Waals surface area contributed by atoms with Crippen LogP contribution in [0.4, 0.5) is 13.2 Å². The Bertz CT molecular complexity index is 344. The molecule has 0 spiro atoms. The molecule has 2 aliphatic rings. The third-order valence-corrected chi connectivity index (χ3v) is 3.68. The maximum absolute atomic E-state index is 12.0. The Labute approximate surface area is 109 Å². The topological polar surface area (TPSA) is 58.6 Å². The first-order valence-corrected chi connectivity index (χ1v) is 6.50. The fourth-order valence-electron chi connectivity index (χ4n) is 2.49. The molecule has 2 rings (SSSR count). The van der Waals surface area contributed by atoms with Crippen LogP contribution in [0, 0.1) is 0 Å². The third kappa shape index (κ3) is 4.07. The molecule has 0 aromatic carbocycles. The van der Waals surface area contributed by atoms with Gasteiger partial charge in [-0.25, -0.2) is 0 Å². The molecule has 110 valence electrons. The van der Waals surface area contributed by atoms with Gasteiger partial charge in [-0.3, -0.25) is 10.1 Å². The summed E-state index contributed by atoms with van der Waals surface area (Å²) in [5.41, 5.74) is -1.01. The predicted molar refractivity (Wildman–Crippen MR) is 60.8 cm³/mol. The standard InChI is InChI=1S/C12H18F3NO3/c13-12(14,15)5-6-19-9-3-4-11(7-9,10(17)18)16-8-1-2-8/h8-9,16H,1-7H2,(H,17,18). The number of nitrogens with one attached hydrogen (secondary N) is 1. The van der Waals surface area contributed by atoms with E-state index in [2.05, 4.69) is 5.32 Å². The molecule has 19 heavy (non-hydrogen) atoms. The van der Waals surface area contributed by atoms with E-state index in [1.807, 2.05) is 0 Å². The number of halogens is 3. The molecular weight excluding hydrogens is 263 g/mol. The SMILES string of the molecule is O=C(O)C1(NC2CC2)CCC(OCCC(F)(F)F)C1. The molecule has 0 saturated heterocycles. The minimum atomic E-state index is -4.23. The minimum absolute atomic E-state index is 0.241. The van der Waals surface area contributed by atoms with Crippen molar-refractivity contribution in [1.82, 2.24) is 5.32 Å². The number of carboxylic acids is 1. The number of ether oxygens (including phenoxy) is 1. The first kappa shape index (κ1) is 14.6. The highest BCUT2D eigenvalue weighted by atomic mass is 19.4. The molecule has 4 nitrogen and oxygen atoms in total. The highest BCUT2D eigenvalue weighted by Gasteiger charge is 2.48. The molecule has 0 aliphatic heterocycles. The van der Waals surface area contributed by atoms with Crippen molar-refractivity contribution in [3.63, 3.8) is 0 Å². The molecule has 2 atom stereocenters. The second kappa shape index (κ2) is 5.28. The number of alkyl halides is 3. The van der Waals surface area contributed by atoms with Gasteiger partial charge in [-0.05, 0) is 25.7 Å². The average Bonchev–Trinajstić information content (AvgIpc) is 2.97. The van der Waals surface area contributed by atoms with Crippen molar-refractivity contribution in [2.24, 2.45) is 0 Å². The highest BCUT2D eigenvalue weighted by molar-refractivity contribution is 5.79. The van der Waals surface area contributed by atoms with Crippen molar-refractivity contribution in [3.05, 3.63) is 0 Å². The number of rotatable bonds is 6. The minimum Gasteiger partial charge on any atom is -0.480 e. The zero-order chi connectivity index (χ0) is 14.1. The first-order chi connectivity index (χ1) is 8.81. The van der Waals surface area contributed by atoms with Gasteiger partial charge in [0.1, 0.15) is 5.54 Å². The number of carboxylic acid groups (broad SMARTS) is 1. The van der Waals surface area contributed by atoms with Crippen molar-refractivity contribution >= 4 is 5.97 Å². The number of hydrogen-bond donors (Lipinski definition) is 2. The van der Waals surface area contributed by atoms with Crippen LogP contribution in [-0.4, -0.2) is 41.5 Å². The predicted octanol–water partition coefficient (Wildman–Crippen LogP) is 2.08. The van der Waals surface area contributed by atoms with Gasteiger partial charge < -0.3 is 9.84 Å². The Morgan fingerprint density at radius 3 is 2.58 bits per heavy atom. The Hall–Kier alpha value is -0.820. The lowest BCUT2D eigenvalue weighted by molar-refractivity contribution is -0.151. The highest BCUT2D eigenvalue weighted by Crippen LogP contribution is 2.36. The summed E-state index contributed by atoms with van der Waals surface area (Å²) in [5.74, 6) is -0.929. The zero-order valence-corrected chi connectivity index (χ0v) is 10.5. The number of aliphatic carboxylic acids is 1. The summed E-state index contributed by atoms with van der Waals surface area (Å²) < 4.78 is 41.2. The molecule has 2 unspecified atom stereocenters. The maximum atomic E-state index is 12.0. The molecule has 0 amide bonds. The molecule has 0 heterocycles. The van der Waals surface area contributed by atoms with Gasteiger partial charge in [0.2, 0.25) is 0 Å². The summed E-state index contributed by atoms with van der Waals surface area (Å²) in [4.78, 5) is 11.4. The second-order valence-corrected chi connectivity index (χ2v) is 5.41. The van der Waals surface area contributed by atoms with Crippen LogP contribution >= 0.6 is 0 Å². The van der Waals surface area contributed by atoms with Crippen molar-refractivity contribution in [1.29, 1.82) is 0 Å². The molecule has 0 radical (unpaired) electrons. The van der Waals surface area contributed by atoms with E-state index in [-0.39, 0.29) is 12.5 Å². The largest absolute Gasteiger partial charge is 0.480 e.